The van der Waals surface area contributed by atoms with E-state index in [1.165, 1.54) is 116 Å². The van der Waals surface area contributed by atoms with Crippen LogP contribution in [0.1, 0.15) is 33.4 Å². The fourth-order valence-electron chi connectivity index (χ4n) is 22.6. The molecule has 18 heteroatoms. The minimum Gasteiger partial charge on any atom is -0.504 e. The van der Waals surface area contributed by atoms with Crippen LogP contribution in [0.3, 0.4) is 0 Å². The van der Waals surface area contributed by atoms with Crippen molar-refractivity contribution in [3.8, 4) is 84.6 Å². The predicted octanol–water partition coefficient (Wildman–Crippen LogP) is 27.6. The number of para-hydroxylation sites is 12. The van der Waals surface area contributed by atoms with Crippen molar-refractivity contribution in [2.75, 3.05) is 50.5 Å². The number of aromatic nitrogens is 9. The van der Waals surface area contributed by atoms with Crippen LogP contribution in [-0.4, -0.2) is 63.5 Å². The Morgan fingerprint density at radius 3 is 1.00 bits per heavy atom. The van der Waals surface area contributed by atoms with Gasteiger partial charge in [0.05, 0.1) is 50.6 Å². The second kappa shape index (κ2) is 34.0. The van der Waals surface area contributed by atoms with Gasteiger partial charge >= 0.3 is 0 Å². The van der Waals surface area contributed by atoms with Crippen molar-refractivity contribution < 1.29 is 63.2 Å². The Hall–Kier alpha value is -15.4. The van der Waals surface area contributed by atoms with Gasteiger partial charge in [-0.1, -0.05) is 197 Å². The smallest absolute Gasteiger partial charge is 0.0770 e. The van der Waals surface area contributed by atoms with Crippen molar-refractivity contribution >= 4 is 150 Å². The van der Waals surface area contributed by atoms with Crippen LogP contribution < -0.4 is 29.4 Å². The number of rotatable bonds is 9. The standard InChI is InChI=1S/3C41H28N5.3Pt/c1-43-25-45(38-17-8-7-16-37(38)43)29-11-9-12-30(23-29)46-39-22-27(41-42-35-14-5-6-15-36(35)44(41)2)18-19-32(39)34-21-28-20-26-10-3-4-13-31(26)33(28)24-40(34)46;1-43-25-45(38-17-8-7-16-37(38)43)29-11-9-12-30(23-29)46-39-21-27(41-42-35-14-5-6-15-36(35)44(41)2)18-19-32(39)34-24-33-28(22-40(34)46)20-26-10-3-4-13-31(26)33;1-43-25-45(37-17-8-7-16-36(37)43)28-11-9-12-29(24-28)46-38-21-20-31-30-13-4-3-10-26(30)22-33(31)40(38)32-19-18-27(23-39(32)46)41-42-34-14-5-6-15-35(34)44(41)2;;;/h3-19,21,24-25H,20H2,1-2H3;3-19,22,24-25H,20H2,1-2H3;3-21,25H,22H2,1-2H3;;;/q3*-3;;;. The first-order valence-corrected chi connectivity index (χ1v) is 46.9. The van der Waals surface area contributed by atoms with Gasteiger partial charge in [-0.3, -0.25) is 15.0 Å². The first-order valence-electron chi connectivity index (χ1n) is 46.9. The fourth-order valence-corrected chi connectivity index (χ4v) is 22.6. The van der Waals surface area contributed by atoms with E-state index in [4.69, 9.17) is 15.0 Å². The maximum absolute atomic E-state index is 5.02. The Balaban J connectivity index is 0.000000110. The third-order valence-corrected chi connectivity index (χ3v) is 29.1. The number of hydrogen-bond donors (Lipinski definition) is 0. The molecule has 3 aliphatic heterocycles. The molecule has 18 aromatic carbocycles. The quantitative estimate of drug-likeness (QED) is 0.131. The van der Waals surface area contributed by atoms with Gasteiger partial charge in [0.1, 0.15) is 0 Å². The Morgan fingerprint density at radius 2 is 0.567 bits per heavy atom. The molecule has 15 nitrogen and oxygen atoms in total. The van der Waals surface area contributed by atoms with Crippen LogP contribution in [0.5, 0.6) is 0 Å². The molecule has 30 rings (SSSR count). The summed E-state index contributed by atoms with van der Waals surface area (Å²) >= 11 is 0. The minimum absolute atomic E-state index is 0. The average Bonchev–Trinajstić information content (AvgIpc) is 1.54. The molecule has 0 N–H and O–H groups in total. The largest absolute Gasteiger partial charge is 0.504 e. The Kier molecular flexibility index (Phi) is 21.0. The van der Waals surface area contributed by atoms with Gasteiger partial charge in [0.2, 0.25) is 0 Å². The normalized spacial score (nSPS) is 13.3. The van der Waals surface area contributed by atoms with Gasteiger partial charge in [0.25, 0.3) is 0 Å². The summed E-state index contributed by atoms with van der Waals surface area (Å²) in [6.45, 7) is 6.39. The Labute approximate surface area is 859 Å². The number of imidazole rings is 3. The molecule has 0 spiro atoms. The van der Waals surface area contributed by atoms with Crippen LogP contribution in [0.25, 0.3) is 183 Å². The number of aryl methyl sites for hydroxylation is 3. The fraction of sp³-hybridized carbons (Fsp3) is 0.0732. The van der Waals surface area contributed by atoms with Gasteiger partial charge in [-0.15, -0.1) is 143 Å². The van der Waals surface area contributed by atoms with Crippen LogP contribution in [-0.2, 0) is 104 Å². The molecule has 690 valence electrons. The molecule has 6 aliphatic rings. The van der Waals surface area contributed by atoms with Crippen molar-refractivity contribution in [2.45, 2.75) is 19.3 Å². The molecule has 0 fully saturated rings. The van der Waals surface area contributed by atoms with Crippen molar-refractivity contribution in [2.24, 2.45) is 21.1 Å². The maximum Gasteiger partial charge on any atom is 0.0770 e. The molecular weight excluding hydrogens is 2270 g/mol. The van der Waals surface area contributed by atoms with E-state index in [1.54, 1.807) is 0 Å². The molecule has 0 radical (unpaired) electrons. The predicted molar refractivity (Wildman–Crippen MR) is 563 cm³/mol. The summed E-state index contributed by atoms with van der Waals surface area (Å²) < 4.78 is 13.5. The van der Waals surface area contributed by atoms with Crippen molar-refractivity contribution in [3.05, 3.63) is 436 Å². The summed E-state index contributed by atoms with van der Waals surface area (Å²) in [4.78, 5) is 28.2. The van der Waals surface area contributed by atoms with E-state index < -0.39 is 0 Å². The van der Waals surface area contributed by atoms with E-state index in [1.807, 2.05) is 18.2 Å². The molecule has 24 aromatic rings. The summed E-state index contributed by atoms with van der Waals surface area (Å²) in [6, 6.07) is 146. The zero-order valence-corrected chi connectivity index (χ0v) is 84.2. The molecule has 3 aliphatic carbocycles. The molecule has 0 amide bonds. The van der Waals surface area contributed by atoms with E-state index in [0.29, 0.717) is 0 Å². The van der Waals surface area contributed by atoms with Gasteiger partial charge in [0.15, 0.2) is 0 Å². The Morgan fingerprint density at radius 1 is 0.234 bits per heavy atom. The average molecular weight is 2360 g/mol. The second-order valence-electron chi connectivity index (χ2n) is 36.9. The third-order valence-electron chi connectivity index (χ3n) is 29.1. The molecule has 0 atom stereocenters. The van der Waals surface area contributed by atoms with Crippen LogP contribution in [0, 0.1) is 56.4 Å². The molecule has 6 aromatic heterocycles. The van der Waals surface area contributed by atoms with Crippen molar-refractivity contribution in [1.29, 1.82) is 0 Å². The summed E-state index contributed by atoms with van der Waals surface area (Å²) in [5.41, 5.74) is 44.8. The number of anilines is 9. The van der Waals surface area contributed by atoms with Crippen molar-refractivity contribution in [3.63, 3.8) is 0 Å². The van der Waals surface area contributed by atoms with Gasteiger partial charge in [-0.2, -0.15) is 38.2 Å². The van der Waals surface area contributed by atoms with E-state index in [0.717, 1.165) is 171 Å². The zero-order chi connectivity index (χ0) is 91.6. The minimum atomic E-state index is 0. The van der Waals surface area contributed by atoms with Gasteiger partial charge < -0.3 is 56.8 Å². The third kappa shape index (κ3) is 13.7. The molecule has 0 bridgehead atoms. The molecule has 141 heavy (non-hydrogen) atoms. The van der Waals surface area contributed by atoms with E-state index in [-0.39, 0.29) is 63.2 Å². The van der Waals surface area contributed by atoms with Gasteiger partial charge in [-0.25, -0.2) is 0 Å². The van der Waals surface area contributed by atoms with E-state index in [2.05, 4.69) is 483 Å². The zero-order valence-electron chi connectivity index (χ0n) is 77.4. The summed E-state index contributed by atoms with van der Waals surface area (Å²) in [5, 5.41) is 7.27. The summed E-state index contributed by atoms with van der Waals surface area (Å²) in [6.07, 6.45) is 2.81. The molecular formula is C123H84N15Pt3-9. The first-order chi connectivity index (χ1) is 67.9. The number of nitrogens with zero attached hydrogens (tertiary/aromatic N) is 15. The van der Waals surface area contributed by atoms with Gasteiger partial charge in [-0.05, 0) is 231 Å². The number of benzene rings is 18. The van der Waals surface area contributed by atoms with Crippen molar-refractivity contribution in [1.82, 2.24) is 42.4 Å². The van der Waals surface area contributed by atoms with E-state index >= 15 is 0 Å². The second-order valence-corrected chi connectivity index (χ2v) is 36.9. The SMILES string of the molecule is CN1[CH-]N(c2[c-]c(-n3c4[c-]c(-c5nc6ccccc6n5C)ccc4c4c5c(ccc43)-c3ccccc3C5)ccc2)c2ccccc21.CN1[CH-]N(c2[c-]c(-n3c4[c-]c(-c5nc6ccccc6n5C)ccc4c4cc5c(cc43)-c3ccccc3C5)ccc2)c2ccccc21.CN1[CH-]N(c2[c-]c(-n3c4[c-]c(-c5nc6ccccc6n5C)ccc4c4cc5c(cc43)Cc3ccccc3-5)ccc2)c2ccccc21.[Pt].[Pt].[Pt]. The topological polar surface area (TPSA) is 87.7 Å². The molecule has 9 heterocycles. The van der Waals surface area contributed by atoms with Crippen LogP contribution >= 0.6 is 0 Å². The maximum atomic E-state index is 5.02. The number of hydrogen-bond acceptors (Lipinski definition) is 9. The monoisotopic (exact) mass is 2360 g/mol. The molecule has 0 unspecified atom stereocenters. The van der Waals surface area contributed by atoms with Crippen LogP contribution in [0.15, 0.2) is 346 Å². The van der Waals surface area contributed by atoms with Crippen LogP contribution in [0.2, 0.25) is 0 Å². The van der Waals surface area contributed by atoms with Gasteiger partial charge in [0, 0.05) is 135 Å². The summed E-state index contributed by atoms with van der Waals surface area (Å²) in [7, 11) is 12.5. The summed E-state index contributed by atoms with van der Waals surface area (Å²) in [5.74, 6) is 2.71. The Bertz CT molecular complexity index is 9100. The van der Waals surface area contributed by atoms with Crippen LogP contribution in [0.4, 0.5) is 51.2 Å². The molecule has 0 saturated heterocycles. The number of fused-ring (bicyclic) bond motifs is 25. The molecule has 0 saturated carbocycles. The van der Waals surface area contributed by atoms with E-state index in [9.17, 15) is 0 Å². The first kappa shape index (κ1) is 87.2.